The van der Waals surface area contributed by atoms with E-state index in [0.717, 1.165) is 22.6 Å². The smallest absolute Gasteiger partial charge is 0.135 e. The molecule has 0 aliphatic rings. The lowest BCUT2D eigenvalue weighted by Crippen LogP contribution is -1.86. The molecule has 0 aromatic heterocycles. The molecule has 3 aromatic carbocycles. The summed E-state index contributed by atoms with van der Waals surface area (Å²) in [4.78, 5) is 0. The third-order valence-corrected chi connectivity index (χ3v) is 3.04. The van der Waals surface area contributed by atoms with Gasteiger partial charge in [0.25, 0.3) is 0 Å². The minimum absolute atomic E-state index is 0.803. The van der Waals surface area contributed by atoms with Crippen LogP contribution in [0.15, 0.2) is 66.7 Å². The van der Waals surface area contributed by atoms with Gasteiger partial charge in [0, 0.05) is 5.39 Å². The number of methoxy groups -OCH3 is 1. The Hall–Kier alpha value is -2.48. The first-order valence-corrected chi connectivity index (χ1v) is 6.16. The van der Waals surface area contributed by atoms with E-state index >= 15 is 0 Å². The SMILES string of the molecule is COc1ccc(Oc2cccc3ccccc23)cc1. The van der Waals surface area contributed by atoms with E-state index in [-0.39, 0.29) is 0 Å². The van der Waals surface area contributed by atoms with Gasteiger partial charge in [0.2, 0.25) is 0 Å². The highest BCUT2D eigenvalue weighted by molar-refractivity contribution is 5.88. The average Bonchev–Trinajstić information content (AvgIpc) is 2.48. The fourth-order valence-electron chi connectivity index (χ4n) is 2.06. The second kappa shape index (κ2) is 5.02. The standard InChI is InChI=1S/C17H14O2/c1-18-14-9-11-15(12-10-14)19-17-8-4-6-13-5-2-3-7-16(13)17/h2-12H,1H3. The predicted molar refractivity (Wildman–Crippen MR) is 77.0 cm³/mol. The van der Waals surface area contributed by atoms with Crippen molar-refractivity contribution in [2.45, 2.75) is 0 Å². The Morgan fingerprint density at radius 2 is 1.37 bits per heavy atom. The van der Waals surface area contributed by atoms with Crippen LogP contribution in [0.25, 0.3) is 10.8 Å². The van der Waals surface area contributed by atoms with Crippen molar-refractivity contribution in [1.82, 2.24) is 0 Å². The summed E-state index contributed by atoms with van der Waals surface area (Å²) >= 11 is 0. The highest BCUT2D eigenvalue weighted by atomic mass is 16.5. The predicted octanol–water partition coefficient (Wildman–Crippen LogP) is 4.64. The topological polar surface area (TPSA) is 18.5 Å². The number of ether oxygens (including phenoxy) is 2. The van der Waals surface area contributed by atoms with E-state index in [4.69, 9.17) is 9.47 Å². The Labute approximate surface area is 112 Å². The first-order chi connectivity index (χ1) is 9.36. The molecule has 0 radical (unpaired) electrons. The van der Waals surface area contributed by atoms with E-state index in [1.165, 1.54) is 5.39 Å². The second-order valence-electron chi connectivity index (χ2n) is 4.25. The zero-order valence-corrected chi connectivity index (χ0v) is 10.7. The van der Waals surface area contributed by atoms with Crippen LogP contribution in [0.2, 0.25) is 0 Å². The molecule has 0 unspecified atom stereocenters. The van der Waals surface area contributed by atoms with Crippen molar-refractivity contribution in [3.63, 3.8) is 0 Å². The molecule has 0 amide bonds. The van der Waals surface area contributed by atoms with E-state index in [1.54, 1.807) is 7.11 Å². The van der Waals surface area contributed by atoms with Crippen LogP contribution < -0.4 is 9.47 Å². The van der Waals surface area contributed by atoms with Gasteiger partial charge < -0.3 is 9.47 Å². The van der Waals surface area contributed by atoms with Crippen LogP contribution in [0, 0.1) is 0 Å². The van der Waals surface area contributed by atoms with Crippen LogP contribution in [0.1, 0.15) is 0 Å². The van der Waals surface area contributed by atoms with Gasteiger partial charge >= 0.3 is 0 Å². The van der Waals surface area contributed by atoms with Gasteiger partial charge in [0.15, 0.2) is 0 Å². The zero-order chi connectivity index (χ0) is 13.1. The molecule has 0 saturated heterocycles. The molecule has 0 aliphatic carbocycles. The van der Waals surface area contributed by atoms with Crippen LogP contribution in [0.4, 0.5) is 0 Å². The summed E-state index contributed by atoms with van der Waals surface area (Å²) in [6, 6.07) is 21.8. The Kier molecular flexibility index (Phi) is 3.07. The molecule has 3 rings (SSSR count). The normalized spacial score (nSPS) is 10.4. The van der Waals surface area contributed by atoms with E-state index in [2.05, 4.69) is 18.2 Å². The average molecular weight is 250 g/mol. The van der Waals surface area contributed by atoms with Crippen molar-refractivity contribution in [1.29, 1.82) is 0 Å². The van der Waals surface area contributed by atoms with E-state index in [0.29, 0.717) is 0 Å². The molecule has 0 atom stereocenters. The van der Waals surface area contributed by atoms with Gasteiger partial charge in [-0.3, -0.25) is 0 Å². The Balaban J connectivity index is 1.96. The largest absolute Gasteiger partial charge is 0.497 e. The van der Waals surface area contributed by atoms with E-state index in [1.807, 2.05) is 48.5 Å². The number of hydrogen-bond donors (Lipinski definition) is 0. The number of benzene rings is 3. The Morgan fingerprint density at radius 3 is 2.16 bits per heavy atom. The third kappa shape index (κ3) is 2.38. The lowest BCUT2D eigenvalue weighted by molar-refractivity contribution is 0.413. The van der Waals surface area contributed by atoms with Gasteiger partial charge in [0.05, 0.1) is 7.11 Å². The maximum atomic E-state index is 5.94. The van der Waals surface area contributed by atoms with E-state index in [9.17, 15) is 0 Å². The van der Waals surface area contributed by atoms with Crippen molar-refractivity contribution in [3.05, 3.63) is 66.7 Å². The van der Waals surface area contributed by atoms with Crippen molar-refractivity contribution < 1.29 is 9.47 Å². The first kappa shape index (κ1) is 11.6. The summed E-state index contributed by atoms with van der Waals surface area (Å²) in [7, 11) is 1.65. The molecule has 2 nitrogen and oxygen atoms in total. The van der Waals surface area contributed by atoms with Crippen molar-refractivity contribution in [3.8, 4) is 17.2 Å². The third-order valence-electron chi connectivity index (χ3n) is 3.04. The molecule has 19 heavy (non-hydrogen) atoms. The van der Waals surface area contributed by atoms with Crippen LogP contribution in [-0.4, -0.2) is 7.11 Å². The molecule has 3 aromatic rings. The van der Waals surface area contributed by atoms with Crippen LogP contribution in [0.5, 0.6) is 17.2 Å². The number of rotatable bonds is 3. The highest BCUT2D eigenvalue weighted by Crippen LogP contribution is 2.30. The molecule has 0 aliphatic heterocycles. The second-order valence-corrected chi connectivity index (χ2v) is 4.25. The lowest BCUT2D eigenvalue weighted by atomic mass is 10.1. The van der Waals surface area contributed by atoms with Crippen molar-refractivity contribution in [2.75, 3.05) is 7.11 Å². The van der Waals surface area contributed by atoms with Gasteiger partial charge in [-0.05, 0) is 35.7 Å². The molecule has 94 valence electrons. The van der Waals surface area contributed by atoms with Gasteiger partial charge in [-0.2, -0.15) is 0 Å². The van der Waals surface area contributed by atoms with Gasteiger partial charge in [-0.25, -0.2) is 0 Å². The minimum Gasteiger partial charge on any atom is -0.497 e. The summed E-state index contributed by atoms with van der Waals surface area (Å²) in [6.45, 7) is 0. The quantitative estimate of drug-likeness (QED) is 0.674. The Bertz CT molecular complexity index is 682. The summed E-state index contributed by atoms with van der Waals surface area (Å²) in [5.74, 6) is 2.49. The summed E-state index contributed by atoms with van der Waals surface area (Å²) in [5, 5.41) is 2.29. The number of fused-ring (bicyclic) bond motifs is 1. The zero-order valence-electron chi connectivity index (χ0n) is 10.7. The van der Waals surface area contributed by atoms with Gasteiger partial charge in [0.1, 0.15) is 17.2 Å². The minimum atomic E-state index is 0.803. The highest BCUT2D eigenvalue weighted by Gasteiger charge is 2.02. The van der Waals surface area contributed by atoms with Crippen molar-refractivity contribution in [2.24, 2.45) is 0 Å². The van der Waals surface area contributed by atoms with Crippen LogP contribution in [0.3, 0.4) is 0 Å². The molecule has 0 fully saturated rings. The Morgan fingerprint density at radius 1 is 0.684 bits per heavy atom. The molecule has 0 saturated carbocycles. The first-order valence-electron chi connectivity index (χ1n) is 6.16. The number of hydrogen-bond acceptors (Lipinski definition) is 2. The van der Waals surface area contributed by atoms with Gasteiger partial charge in [-0.15, -0.1) is 0 Å². The molecule has 0 N–H and O–H groups in total. The molecule has 0 bridgehead atoms. The molecular weight excluding hydrogens is 236 g/mol. The molecular formula is C17H14O2. The summed E-state index contributed by atoms with van der Waals surface area (Å²) in [5.41, 5.74) is 0. The maximum Gasteiger partial charge on any atom is 0.135 e. The van der Waals surface area contributed by atoms with Crippen molar-refractivity contribution >= 4 is 10.8 Å². The van der Waals surface area contributed by atoms with Crippen LogP contribution in [-0.2, 0) is 0 Å². The van der Waals surface area contributed by atoms with E-state index < -0.39 is 0 Å². The fourth-order valence-corrected chi connectivity index (χ4v) is 2.06. The van der Waals surface area contributed by atoms with Gasteiger partial charge in [-0.1, -0.05) is 36.4 Å². The molecule has 2 heteroatoms. The lowest BCUT2D eigenvalue weighted by Gasteiger charge is -2.09. The molecule has 0 spiro atoms. The van der Waals surface area contributed by atoms with Crippen LogP contribution >= 0.6 is 0 Å². The maximum absolute atomic E-state index is 5.94. The fraction of sp³-hybridized carbons (Fsp3) is 0.0588. The summed E-state index contributed by atoms with van der Waals surface area (Å²) in [6.07, 6.45) is 0. The molecule has 0 heterocycles. The monoisotopic (exact) mass is 250 g/mol. The summed E-state index contributed by atoms with van der Waals surface area (Å²) < 4.78 is 11.1.